The molecule has 17 heavy (non-hydrogen) atoms. The van der Waals surface area contributed by atoms with Gasteiger partial charge in [0.05, 0.1) is 11.3 Å². The topological polar surface area (TPSA) is 47.9 Å². The molecule has 0 radical (unpaired) electrons. The number of benzene rings is 1. The summed E-state index contributed by atoms with van der Waals surface area (Å²) >= 11 is 0. The molecule has 90 valence electrons. The molecule has 1 aromatic carbocycles. The van der Waals surface area contributed by atoms with Crippen molar-refractivity contribution in [1.29, 1.82) is 5.26 Å². The van der Waals surface area contributed by atoms with Gasteiger partial charge in [-0.1, -0.05) is 6.07 Å². The highest BCUT2D eigenvalue weighted by Gasteiger charge is 2.26. The van der Waals surface area contributed by atoms with E-state index in [4.69, 9.17) is 5.26 Å². The third-order valence-corrected chi connectivity index (χ3v) is 3.44. The third kappa shape index (κ3) is 2.78. The average Bonchev–Trinajstić information content (AvgIpc) is 2.29. The lowest BCUT2D eigenvalue weighted by Gasteiger charge is -2.36. The molecule has 0 aliphatic carbocycles. The van der Waals surface area contributed by atoms with Crippen LogP contribution in [0.5, 0.6) is 0 Å². The summed E-state index contributed by atoms with van der Waals surface area (Å²) in [4.78, 5) is 0. The molecule has 3 nitrogen and oxygen atoms in total. The van der Waals surface area contributed by atoms with E-state index in [2.05, 4.69) is 36.6 Å². The zero-order valence-electron chi connectivity index (χ0n) is 10.5. The van der Waals surface area contributed by atoms with Crippen LogP contribution >= 0.6 is 0 Å². The van der Waals surface area contributed by atoms with Crippen LogP contribution in [0.15, 0.2) is 18.2 Å². The van der Waals surface area contributed by atoms with Gasteiger partial charge in [0.15, 0.2) is 0 Å². The molecule has 1 aromatic rings. The first-order valence-corrected chi connectivity index (χ1v) is 6.13. The second kappa shape index (κ2) is 4.77. The number of aryl methyl sites for hydroxylation is 1. The van der Waals surface area contributed by atoms with Crippen molar-refractivity contribution in [3.63, 3.8) is 0 Å². The first-order chi connectivity index (χ1) is 8.13. The molecule has 0 saturated carbocycles. The van der Waals surface area contributed by atoms with Gasteiger partial charge in [0.25, 0.3) is 0 Å². The number of rotatable bonds is 2. The van der Waals surface area contributed by atoms with E-state index in [0.717, 1.165) is 37.2 Å². The zero-order chi connectivity index (χ0) is 12.3. The van der Waals surface area contributed by atoms with E-state index in [0.29, 0.717) is 0 Å². The van der Waals surface area contributed by atoms with Crippen molar-refractivity contribution < 1.29 is 0 Å². The highest BCUT2D eigenvalue weighted by atomic mass is 15.0. The monoisotopic (exact) mass is 229 g/mol. The number of anilines is 1. The minimum absolute atomic E-state index is 0.102. The quantitative estimate of drug-likeness (QED) is 0.818. The van der Waals surface area contributed by atoms with Crippen molar-refractivity contribution >= 4 is 5.69 Å². The Morgan fingerprint density at radius 3 is 2.71 bits per heavy atom. The smallest absolute Gasteiger partial charge is 0.101 e. The van der Waals surface area contributed by atoms with Crippen LogP contribution in [-0.2, 0) is 0 Å². The largest absolute Gasteiger partial charge is 0.379 e. The van der Waals surface area contributed by atoms with Crippen LogP contribution in [-0.4, -0.2) is 18.6 Å². The van der Waals surface area contributed by atoms with Crippen molar-refractivity contribution in [3.05, 3.63) is 29.3 Å². The molecular weight excluding hydrogens is 210 g/mol. The predicted molar refractivity (Wildman–Crippen MR) is 70.0 cm³/mol. The number of nitrogens with one attached hydrogen (secondary N) is 2. The summed E-state index contributed by atoms with van der Waals surface area (Å²) in [7, 11) is 0. The van der Waals surface area contributed by atoms with Crippen LogP contribution in [0.25, 0.3) is 0 Å². The lowest BCUT2D eigenvalue weighted by atomic mass is 9.90. The van der Waals surface area contributed by atoms with Gasteiger partial charge < -0.3 is 10.6 Å². The summed E-state index contributed by atoms with van der Waals surface area (Å²) < 4.78 is 0. The molecule has 0 atom stereocenters. The minimum atomic E-state index is 0.102. The van der Waals surface area contributed by atoms with Gasteiger partial charge in [0.1, 0.15) is 6.07 Å². The Balaban J connectivity index is 2.22. The van der Waals surface area contributed by atoms with Gasteiger partial charge >= 0.3 is 0 Å². The fourth-order valence-electron chi connectivity index (χ4n) is 2.29. The van der Waals surface area contributed by atoms with Gasteiger partial charge in [-0.25, -0.2) is 0 Å². The summed E-state index contributed by atoms with van der Waals surface area (Å²) in [5, 5.41) is 16.0. The van der Waals surface area contributed by atoms with Crippen LogP contribution < -0.4 is 10.6 Å². The van der Waals surface area contributed by atoms with Crippen LogP contribution in [0.4, 0.5) is 5.69 Å². The first-order valence-electron chi connectivity index (χ1n) is 6.13. The zero-order valence-corrected chi connectivity index (χ0v) is 10.5. The SMILES string of the molecule is Cc1ccc(C#N)c(NC2(C)CCNCC2)c1. The maximum atomic E-state index is 9.12. The molecule has 0 bridgehead atoms. The molecule has 0 amide bonds. The highest BCUT2D eigenvalue weighted by Crippen LogP contribution is 2.26. The second-order valence-electron chi connectivity index (χ2n) is 5.10. The first kappa shape index (κ1) is 11.9. The number of nitriles is 1. The molecule has 3 heteroatoms. The molecular formula is C14H19N3. The standard InChI is InChI=1S/C14H19N3/c1-11-3-4-12(10-15)13(9-11)17-14(2)5-7-16-8-6-14/h3-4,9,16-17H,5-8H2,1-2H3. The van der Waals surface area contributed by atoms with E-state index in [1.165, 1.54) is 5.56 Å². The van der Waals surface area contributed by atoms with Crippen molar-refractivity contribution in [2.75, 3.05) is 18.4 Å². The second-order valence-corrected chi connectivity index (χ2v) is 5.10. The molecule has 1 fully saturated rings. The van der Waals surface area contributed by atoms with Crippen molar-refractivity contribution in [1.82, 2.24) is 5.32 Å². The summed E-state index contributed by atoms with van der Waals surface area (Å²) in [6, 6.07) is 8.18. The van der Waals surface area contributed by atoms with Crippen LogP contribution in [0.3, 0.4) is 0 Å². The van der Waals surface area contributed by atoms with Gasteiger partial charge in [0, 0.05) is 5.54 Å². The summed E-state index contributed by atoms with van der Waals surface area (Å²) in [5.41, 5.74) is 2.99. The van der Waals surface area contributed by atoms with E-state index < -0.39 is 0 Å². The molecule has 1 heterocycles. The van der Waals surface area contributed by atoms with Crippen LogP contribution in [0, 0.1) is 18.3 Å². The summed E-state index contributed by atoms with van der Waals surface area (Å²) in [6.45, 7) is 6.36. The Kier molecular flexibility index (Phi) is 3.35. The molecule has 1 saturated heterocycles. The Labute approximate surface area is 103 Å². The summed E-state index contributed by atoms with van der Waals surface area (Å²) in [5.74, 6) is 0. The number of nitrogens with zero attached hydrogens (tertiary/aromatic N) is 1. The third-order valence-electron chi connectivity index (χ3n) is 3.44. The van der Waals surface area contributed by atoms with E-state index in [1.54, 1.807) is 0 Å². The molecule has 1 aliphatic rings. The van der Waals surface area contributed by atoms with Crippen LogP contribution in [0.1, 0.15) is 30.9 Å². The molecule has 0 aromatic heterocycles. The number of hydrogen-bond donors (Lipinski definition) is 2. The number of piperidine rings is 1. The van der Waals surface area contributed by atoms with Crippen molar-refractivity contribution in [2.45, 2.75) is 32.2 Å². The highest BCUT2D eigenvalue weighted by molar-refractivity contribution is 5.60. The maximum absolute atomic E-state index is 9.12. The van der Waals surface area contributed by atoms with E-state index >= 15 is 0 Å². The lowest BCUT2D eigenvalue weighted by Crippen LogP contribution is -2.45. The lowest BCUT2D eigenvalue weighted by molar-refractivity contribution is 0.365. The van der Waals surface area contributed by atoms with Gasteiger partial charge in [-0.2, -0.15) is 5.26 Å². The van der Waals surface area contributed by atoms with Crippen LogP contribution in [0.2, 0.25) is 0 Å². The van der Waals surface area contributed by atoms with Gasteiger partial charge in [-0.05, 0) is 57.5 Å². The molecule has 0 unspecified atom stereocenters. The normalized spacial score (nSPS) is 18.4. The van der Waals surface area contributed by atoms with Crippen molar-refractivity contribution in [3.8, 4) is 6.07 Å². The molecule has 0 spiro atoms. The van der Waals surface area contributed by atoms with Gasteiger partial charge in [0.2, 0.25) is 0 Å². The predicted octanol–water partition coefficient (Wildman–Crippen LogP) is 2.42. The van der Waals surface area contributed by atoms with Crippen molar-refractivity contribution in [2.24, 2.45) is 0 Å². The fraction of sp³-hybridized carbons (Fsp3) is 0.500. The van der Waals surface area contributed by atoms with Gasteiger partial charge in [-0.15, -0.1) is 0 Å². The minimum Gasteiger partial charge on any atom is -0.379 e. The average molecular weight is 229 g/mol. The fourth-order valence-corrected chi connectivity index (χ4v) is 2.29. The van der Waals surface area contributed by atoms with E-state index in [1.807, 2.05) is 12.1 Å². The molecule has 1 aliphatic heterocycles. The molecule has 2 rings (SSSR count). The Morgan fingerprint density at radius 2 is 2.06 bits per heavy atom. The Morgan fingerprint density at radius 1 is 1.35 bits per heavy atom. The number of hydrogen-bond acceptors (Lipinski definition) is 3. The molecule has 2 N–H and O–H groups in total. The van der Waals surface area contributed by atoms with E-state index in [9.17, 15) is 0 Å². The Hall–Kier alpha value is -1.53. The van der Waals surface area contributed by atoms with Gasteiger partial charge in [-0.3, -0.25) is 0 Å². The summed E-state index contributed by atoms with van der Waals surface area (Å²) in [6.07, 6.45) is 2.18. The van der Waals surface area contributed by atoms with E-state index in [-0.39, 0.29) is 5.54 Å². The Bertz CT molecular complexity index is 439. The maximum Gasteiger partial charge on any atom is 0.101 e.